The fourth-order valence-corrected chi connectivity index (χ4v) is 2.02. The Labute approximate surface area is 129 Å². The van der Waals surface area contributed by atoms with Gasteiger partial charge < -0.3 is 18.9 Å². The van der Waals surface area contributed by atoms with E-state index in [1.807, 2.05) is 67.6 Å². The molecular weight excluding hydrogens is 280 g/mol. The molecule has 0 bridgehead atoms. The van der Waals surface area contributed by atoms with Gasteiger partial charge >= 0.3 is 5.95 Å². The number of para-hydroxylation sites is 2. The first-order valence-electron chi connectivity index (χ1n) is 7.32. The normalized spacial score (nSPS) is 16.9. The van der Waals surface area contributed by atoms with Crippen LogP contribution in [0, 0.1) is 0 Å². The molecule has 1 unspecified atom stereocenters. The molecule has 0 saturated carbocycles. The Morgan fingerprint density at radius 3 is 2.14 bits per heavy atom. The second-order valence-corrected chi connectivity index (χ2v) is 4.80. The van der Waals surface area contributed by atoms with Gasteiger partial charge in [0, 0.05) is 6.42 Å². The third kappa shape index (κ3) is 3.52. The fourth-order valence-electron chi connectivity index (χ4n) is 2.02. The van der Waals surface area contributed by atoms with Crippen LogP contribution in [-0.4, -0.2) is 12.9 Å². The summed E-state index contributed by atoms with van der Waals surface area (Å²) in [5.41, 5.74) is 0. The van der Waals surface area contributed by atoms with Crippen molar-refractivity contribution in [1.82, 2.24) is 0 Å². The first-order valence-corrected chi connectivity index (χ1v) is 7.32. The van der Waals surface area contributed by atoms with E-state index in [9.17, 15) is 0 Å². The van der Waals surface area contributed by atoms with Crippen LogP contribution in [-0.2, 0) is 9.47 Å². The van der Waals surface area contributed by atoms with Gasteiger partial charge in [-0.05, 0) is 24.3 Å². The molecular formula is C18H18O4. The molecule has 1 aliphatic rings. The Morgan fingerprint density at radius 1 is 0.864 bits per heavy atom. The lowest BCUT2D eigenvalue weighted by atomic mass is 10.3. The van der Waals surface area contributed by atoms with E-state index in [-0.39, 0.29) is 12.9 Å². The lowest BCUT2D eigenvalue weighted by molar-refractivity contribution is -0.0619. The third-order valence-electron chi connectivity index (χ3n) is 3.14. The summed E-state index contributed by atoms with van der Waals surface area (Å²) in [5.74, 6) is 2.42. The summed E-state index contributed by atoms with van der Waals surface area (Å²) in [6, 6.07) is 19.1. The Morgan fingerprint density at radius 2 is 1.50 bits per heavy atom. The maximum absolute atomic E-state index is 5.76. The van der Waals surface area contributed by atoms with Crippen LogP contribution in [0.15, 0.2) is 72.4 Å². The van der Waals surface area contributed by atoms with Gasteiger partial charge in [-0.1, -0.05) is 43.3 Å². The van der Waals surface area contributed by atoms with Crippen molar-refractivity contribution in [3.63, 3.8) is 0 Å². The monoisotopic (exact) mass is 298 g/mol. The topological polar surface area (TPSA) is 36.9 Å². The van der Waals surface area contributed by atoms with Gasteiger partial charge in [-0.15, -0.1) is 0 Å². The highest BCUT2D eigenvalue weighted by atomic mass is 16.8. The second kappa shape index (κ2) is 6.89. The Balaban J connectivity index is 1.70. The van der Waals surface area contributed by atoms with Crippen LogP contribution in [0.4, 0.5) is 0 Å². The molecule has 2 aromatic rings. The van der Waals surface area contributed by atoms with Gasteiger partial charge in [0.15, 0.2) is 6.61 Å². The lowest BCUT2D eigenvalue weighted by Crippen LogP contribution is -2.09. The van der Waals surface area contributed by atoms with E-state index < -0.39 is 0 Å². The van der Waals surface area contributed by atoms with Crippen LogP contribution in [0.5, 0.6) is 11.5 Å². The van der Waals surface area contributed by atoms with E-state index in [4.69, 9.17) is 18.9 Å². The van der Waals surface area contributed by atoms with E-state index >= 15 is 0 Å². The fraction of sp³-hybridized carbons (Fsp3) is 0.222. The molecule has 4 heteroatoms. The minimum atomic E-state index is -0.326. The molecule has 114 valence electrons. The number of rotatable bonds is 6. The van der Waals surface area contributed by atoms with E-state index in [1.54, 1.807) is 0 Å². The van der Waals surface area contributed by atoms with E-state index in [1.165, 1.54) is 0 Å². The molecule has 0 N–H and O–H groups in total. The summed E-state index contributed by atoms with van der Waals surface area (Å²) >= 11 is 0. The predicted octanol–water partition coefficient (Wildman–Crippen LogP) is 4.10. The van der Waals surface area contributed by atoms with Crippen molar-refractivity contribution in [2.75, 3.05) is 6.61 Å². The van der Waals surface area contributed by atoms with Crippen molar-refractivity contribution in [2.24, 2.45) is 0 Å². The van der Waals surface area contributed by atoms with Crippen LogP contribution in [0.3, 0.4) is 0 Å². The molecule has 0 radical (unpaired) electrons. The second-order valence-electron chi connectivity index (χ2n) is 4.80. The molecule has 1 atom stereocenters. The van der Waals surface area contributed by atoms with Gasteiger partial charge in [0.05, 0.1) is 0 Å². The molecule has 1 aliphatic heterocycles. The first-order chi connectivity index (χ1) is 10.8. The van der Waals surface area contributed by atoms with Crippen molar-refractivity contribution in [3.05, 3.63) is 72.4 Å². The van der Waals surface area contributed by atoms with Gasteiger partial charge in [0.25, 0.3) is 0 Å². The Bertz CT molecular complexity index is 622. The highest BCUT2D eigenvalue weighted by Gasteiger charge is 2.28. The molecule has 0 amide bonds. The molecule has 1 heterocycles. The smallest absolute Gasteiger partial charge is 0.331 e. The zero-order valence-electron chi connectivity index (χ0n) is 12.4. The highest BCUT2D eigenvalue weighted by molar-refractivity contribution is 5.24. The molecule has 0 fully saturated rings. The summed E-state index contributed by atoms with van der Waals surface area (Å²) < 4.78 is 22.9. The first kappa shape index (κ1) is 14.3. The highest BCUT2D eigenvalue weighted by Crippen LogP contribution is 2.27. The SMILES string of the molecule is CCC1OC(COc2ccccc2)=C(Oc2ccccc2)O1. The summed E-state index contributed by atoms with van der Waals surface area (Å²) in [6.07, 6.45) is 0.407. The van der Waals surface area contributed by atoms with Gasteiger partial charge in [0.2, 0.25) is 12.0 Å². The van der Waals surface area contributed by atoms with Crippen molar-refractivity contribution in [3.8, 4) is 11.5 Å². The largest absolute Gasteiger partial charge is 0.485 e. The Kier molecular flexibility index (Phi) is 4.49. The molecule has 0 spiro atoms. The molecule has 4 nitrogen and oxygen atoms in total. The van der Waals surface area contributed by atoms with Gasteiger partial charge in [-0.3, -0.25) is 0 Å². The van der Waals surface area contributed by atoms with Gasteiger partial charge in [-0.25, -0.2) is 0 Å². The van der Waals surface area contributed by atoms with Crippen LogP contribution in [0.1, 0.15) is 13.3 Å². The zero-order chi connectivity index (χ0) is 15.2. The van der Waals surface area contributed by atoms with Gasteiger partial charge in [0.1, 0.15) is 11.5 Å². The van der Waals surface area contributed by atoms with Crippen molar-refractivity contribution < 1.29 is 18.9 Å². The Hall–Kier alpha value is -2.62. The minimum absolute atomic E-state index is 0.267. The molecule has 2 aromatic carbocycles. The minimum Gasteiger partial charge on any atom is -0.485 e. The number of hydrogen-bond donors (Lipinski definition) is 0. The van der Waals surface area contributed by atoms with Crippen molar-refractivity contribution in [1.29, 1.82) is 0 Å². The number of benzene rings is 2. The molecule has 0 aromatic heterocycles. The maximum Gasteiger partial charge on any atom is 0.331 e. The summed E-state index contributed by atoms with van der Waals surface area (Å²) in [5, 5.41) is 0. The van der Waals surface area contributed by atoms with E-state index in [2.05, 4.69) is 0 Å². The van der Waals surface area contributed by atoms with E-state index in [0.717, 1.165) is 12.2 Å². The van der Waals surface area contributed by atoms with Crippen LogP contribution >= 0.6 is 0 Å². The summed E-state index contributed by atoms with van der Waals surface area (Å²) in [7, 11) is 0. The van der Waals surface area contributed by atoms with E-state index in [0.29, 0.717) is 17.5 Å². The van der Waals surface area contributed by atoms with Crippen molar-refractivity contribution >= 4 is 0 Å². The quantitative estimate of drug-likeness (QED) is 0.804. The molecule has 22 heavy (non-hydrogen) atoms. The lowest BCUT2D eigenvalue weighted by Gasteiger charge is -2.09. The molecule has 0 aliphatic carbocycles. The molecule has 3 rings (SSSR count). The van der Waals surface area contributed by atoms with Crippen LogP contribution < -0.4 is 9.47 Å². The molecule has 0 saturated heterocycles. The van der Waals surface area contributed by atoms with Crippen LogP contribution in [0.25, 0.3) is 0 Å². The predicted molar refractivity (Wildman–Crippen MR) is 82.3 cm³/mol. The third-order valence-corrected chi connectivity index (χ3v) is 3.14. The average molecular weight is 298 g/mol. The standard InChI is InChI=1S/C18H18O4/c1-2-17-21-16(13-19-14-9-5-3-6-10-14)18(22-17)20-15-11-7-4-8-12-15/h3-12,17H,2,13H2,1H3. The average Bonchev–Trinajstić information content (AvgIpc) is 2.97. The van der Waals surface area contributed by atoms with Crippen molar-refractivity contribution in [2.45, 2.75) is 19.6 Å². The summed E-state index contributed by atoms with van der Waals surface area (Å²) in [6.45, 7) is 2.26. The number of ether oxygens (including phenoxy) is 4. The maximum atomic E-state index is 5.76. The van der Waals surface area contributed by atoms with Crippen LogP contribution in [0.2, 0.25) is 0 Å². The van der Waals surface area contributed by atoms with Gasteiger partial charge in [-0.2, -0.15) is 0 Å². The number of hydrogen-bond acceptors (Lipinski definition) is 4. The summed E-state index contributed by atoms with van der Waals surface area (Å²) in [4.78, 5) is 0. The zero-order valence-corrected chi connectivity index (χ0v) is 12.4.